The van der Waals surface area contributed by atoms with Crippen molar-refractivity contribution in [2.75, 3.05) is 39.3 Å². The van der Waals surface area contributed by atoms with Gasteiger partial charge in [0, 0.05) is 37.6 Å². The van der Waals surface area contributed by atoms with Gasteiger partial charge in [0.25, 0.3) is 0 Å². The Bertz CT molecular complexity index is 823. The number of carbonyl (C=O) groups excluding carboxylic acids is 3. The molecule has 1 spiro atoms. The molecule has 0 aromatic carbocycles. The average Bonchev–Trinajstić information content (AvgIpc) is 3.41. The second kappa shape index (κ2) is 12.0. The van der Waals surface area contributed by atoms with E-state index >= 15 is 0 Å². The maximum atomic E-state index is 14.0. The van der Waals surface area contributed by atoms with E-state index in [2.05, 4.69) is 36.0 Å². The van der Waals surface area contributed by atoms with Crippen LogP contribution in [-0.4, -0.2) is 99.4 Å². The lowest BCUT2D eigenvalue weighted by molar-refractivity contribution is -0.149. The number of hydrogen-bond acceptors (Lipinski definition) is 5. The monoisotopic (exact) mass is 553 g/mol. The predicted octanol–water partition coefficient (Wildman–Crippen LogP) is 2.36. The normalized spacial score (nSPS) is 30.9. The van der Waals surface area contributed by atoms with Crippen molar-refractivity contribution in [1.82, 2.24) is 14.7 Å². The summed E-state index contributed by atoms with van der Waals surface area (Å²) >= 11 is 3.70. The maximum Gasteiger partial charge on any atom is 0.248 e. The number of unbranched alkanes of at least 4 members (excludes halogenated alkanes) is 2. The highest BCUT2D eigenvalue weighted by Crippen LogP contribution is 2.60. The Balaban J connectivity index is 2.00. The molecule has 3 unspecified atom stereocenters. The van der Waals surface area contributed by atoms with Gasteiger partial charge < -0.3 is 24.5 Å². The van der Waals surface area contributed by atoms with Crippen LogP contribution in [-0.2, 0) is 19.1 Å². The minimum atomic E-state index is -1.10. The third-order valence-corrected chi connectivity index (χ3v) is 8.34. The zero-order valence-corrected chi connectivity index (χ0v) is 22.6. The van der Waals surface area contributed by atoms with Gasteiger partial charge in [0.2, 0.25) is 17.7 Å². The Morgan fingerprint density at radius 3 is 2.37 bits per heavy atom. The van der Waals surface area contributed by atoms with Crippen LogP contribution < -0.4 is 0 Å². The van der Waals surface area contributed by atoms with Crippen molar-refractivity contribution >= 4 is 33.7 Å². The summed E-state index contributed by atoms with van der Waals surface area (Å²) in [6.07, 6.45) is 7.01. The van der Waals surface area contributed by atoms with E-state index in [1.54, 1.807) is 22.0 Å². The van der Waals surface area contributed by atoms with Gasteiger partial charge in [-0.05, 0) is 19.3 Å². The van der Waals surface area contributed by atoms with E-state index < -0.39 is 29.6 Å². The summed E-state index contributed by atoms with van der Waals surface area (Å²) in [5, 5.41) is 9.77. The maximum absolute atomic E-state index is 14.0. The number of nitrogens with zero attached hydrogens (tertiary/aromatic N) is 3. The molecule has 8 nitrogen and oxygen atoms in total. The number of rotatable bonds is 14. The molecule has 0 aromatic heterocycles. The Hall–Kier alpha value is -1.71. The van der Waals surface area contributed by atoms with Crippen LogP contribution >= 0.6 is 15.9 Å². The standard InChI is InChI=1S/C26H40BrN3O5/c1-5-9-10-14-29(13-8-4)25(34)22-26-17-18(27)21(35-26)19(20(26)24(33)30(22)15-16-31)23(32)28(11-6-2)12-7-3/h6,8,18-22,31H,2,4-5,7,9-17H2,1,3H3/t18?,19-,20+,21-,22?,26?/m1/s1. The molecule has 3 fully saturated rings. The summed E-state index contributed by atoms with van der Waals surface area (Å²) < 4.78 is 6.53. The molecule has 0 saturated carbocycles. The van der Waals surface area contributed by atoms with E-state index in [4.69, 9.17) is 4.74 Å². The predicted molar refractivity (Wildman–Crippen MR) is 138 cm³/mol. The number of alkyl halides is 1. The molecule has 1 N–H and O–H groups in total. The molecule has 0 aliphatic carbocycles. The number of amides is 3. The molecule has 3 amide bonds. The van der Waals surface area contributed by atoms with Crippen LogP contribution in [0, 0.1) is 11.8 Å². The molecule has 0 aromatic rings. The van der Waals surface area contributed by atoms with Gasteiger partial charge >= 0.3 is 0 Å². The molecule has 6 atom stereocenters. The quantitative estimate of drug-likeness (QED) is 0.202. The fraction of sp³-hybridized carbons (Fsp3) is 0.731. The second-order valence-corrected chi connectivity index (χ2v) is 10.9. The van der Waals surface area contributed by atoms with Crippen molar-refractivity contribution in [3.05, 3.63) is 25.3 Å². The molecule has 3 saturated heterocycles. The fourth-order valence-corrected chi connectivity index (χ4v) is 7.08. The van der Waals surface area contributed by atoms with Crippen LogP contribution in [0.4, 0.5) is 0 Å². The molecule has 3 rings (SSSR count). The summed E-state index contributed by atoms with van der Waals surface area (Å²) in [7, 11) is 0. The van der Waals surface area contributed by atoms with Gasteiger partial charge in [0.15, 0.2) is 0 Å². The van der Waals surface area contributed by atoms with Crippen LogP contribution in [0.15, 0.2) is 25.3 Å². The van der Waals surface area contributed by atoms with E-state index in [1.165, 1.54) is 4.90 Å². The van der Waals surface area contributed by atoms with Gasteiger partial charge in [-0.3, -0.25) is 14.4 Å². The van der Waals surface area contributed by atoms with Gasteiger partial charge in [-0.25, -0.2) is 0 Å². The van der Waals surface area contributed by atoms with E-state index in [0.29, 0.717) is 32.6 Å². The fourth-order valence-electron chi connectivity index (χ4n) is 6.14. The van der Waals surface area contributed by atoms with Crippen LogP contribution in [0.2, 0.25) is 0 Å². The van der Waals surface area contributed by atoms with Crippen molar-refractivity contribution in [2.24, 2.45) is 11.8 Å². The van der Waals surface area contributed by atoms with Crippen molar-refractivity contribution in [3.63, 3.8) is 0 Å². The Kier molecular flexibility index (Phi) is 9.57. The summed E-state index contributed by atoms with van der Waals surface area (Å²) in [4.78, 5) is 46.3. The third-order valence-electron chi connectivity index (χ3n) is 7.50. The first-order chi connectivity index (χ1) is 16.8. The summed E-state index contributed by atoms with van der Waals surface area (Å²) in [5.74, 6) is -2.04. The van der Waals surface area contributed by atoms with Gasteiger partial charge in [0.05, 0.1) is 24.5 Å². The molecule has 0 radical (unpaired) electrons. The van der Waals surface area contributed by atoms with E-state index in [9.17, 15) is 19.5 Å². The molecule has 2 bridgehead atoms. The summed E-state index contributed by atoms with van der Waals surface area (Å²) in [6.45, 7) is 13.3. The van der Waals surface area contributed by atoms with Crippen LogP contribution in [0.5, 0.6) is 0 Å². The first-order valence-electron chi connectivity index (χ1n) is 12.8. The number of aliphatic hydroxyl groups excluding tert-OH is 1. The SMILES string of the molecule is C=CCN(CCCCC)C(=O)C1N(CCO)C(=O)[C@@H]2[C@@H](C(=O)N(CC=C)CCC)[C@@H]3OC12CC3Br. The van der Waals surface area contributed by atoms with E-state index in [1.807, 2.05) is 6.92 Å². The molecular formula is C26H40BrN3O5. The summed E-state index contributed by atoms with van der Waals surface area (Å²) in [6, 6.07) is -0.879. The summed E-state index contributed by atoms with van der Waals surface area (Å²) in [5.41, 5.74) is -1.10. The topological polar surface area (TPSA) is 90.4 Å². The molecule has 3 aliphatic heterocycles. The average molecular weight is 555 g/mol. The number of aliphatic hydroxyl groups is 1. The van der Waals surface area contributed by atoms with Crippen molar-refractivity contribution < 1.29 is 24.2 Å². The number of β-amino-alcohol motifs (C(OH)–C–C–N with tert-alkyl or cyclic N) is 1. The molecule has 3 aliphatic rings. The minimum Gasteiger partial charge on any atom is -0.395 e. The van der Waals surface area contributed by atoms with Gasteiger partial charge in [-0.1, -0.05) is 54.8 Å². The lowest BCUT2D eigenvalue weighted by Gasteiger charge is -2.37. The lowest BCUT2D eigenvalue weighted by atomic mass is 9.70. The van der Waals surface area contributed by atoms with Gasteiger partial charge in [0.1, 0.15) is 11.6 Å². The van der Waals surface area contributed by atoms with Crippen LogP contribution in [0.25, 0.3) is 0 Å². The zero-order valence-electron chi connectivity index (χ0n) is 21.0. The molecule has 3 heterocycles. The van der Waals surface area contributed by atoms with Crippen LogP contribution in [0.3, 0.4) is 0 Å². The van der Waals surface area contributed by atoms with Crippen molar-refractivity contribution in [2.45, 2.75) is 68.5 Å². The number of halogens is 1. The number of ether oxygens (including phenoxy) is 1. The Labute approximate surface area is 217 Å². The number of carbonyl (C=O) groups is 3. The Morgan fingerprint density at radius 1 is 1.14 bits per heavy atom. The zero-order chi connectivity index (χ0) is 25.8. The first kappa shape index (κ1) is 27.9. The van der Waals surface area contributed by atoms with Crippen LogP contribution in [0.1, 0.15) is 46.0 Å². The molecule has 9 heteroatoms. The van der Waals surface area contributed by atoms with Crippen molar-refractivity contribution in [1.29, 1.82) is 0 Å². The minimum absolute atomic E-state index is 0.0254. The highest BCUT2D eigenvalue weighted by molar-refractivity contribution is 9.09. The number of hydrogen-bond donors (Lipinski definition) is 1. The molecule has 196 valence electrons. The first-order valence-corrected chi connectivity index (χ1v) is 13.8. The smallest absolute Gasteiger partial charge is 0.248 e. The van der Waals surface area contributed by atoms with Crippen molar-refractivity contribution in [3.8, 4) is 0 Å². The van der Waals surface area contributed by atoms with Gasteiger partial charge in [-0.2, -0.15) is 0 Å². The highest BCUT2D eigenvalue weighted by atomic mass is 79.9. The number of likely N-dealkylation sites (tertiary alicyclic amines) is 1. The second-order valence-electron chi connectivity index (χ2n) is 9.77. The Morgan fingerprint density at radius 2 is 1.80 bits per heavy atom. The highest BCUT2D eigenvalue weighted by Gasteiger charge is 2.76. The lowest BCUT2D eigenvalue weighted by Crippen LogP contribution is -2.57. The van der Waals surface area contributed by atoms with Gasteiger partial charge in [-0.15, -0.1) is 13.2 Å². The molecular weight excluding hydrogens is 514 g/mol. The van der Waals surface area contributed by atoms with E-state index in [-0.39, 0.29) is 35.7 Å². The third kappa shape index (κ3) is 4.96. The molecule has 35 heavy (non-hydrogen) atoms. The number of fused-ring (bicyclic) bond motifs is 1. The van der Waals surface area contributed by atoms with E-state index in [0.717, 1.165) is 25.7 Å². The largest absolute Gasteiger partial charge is 0.395 e.